The first-order valence-electron chi connectivity index (χ1n) is 9.67. The number of hydrogen-bond acceptors (Lipinski definition) is 7. The fourth-order valence-corrected chi connectivity index (χ4v) is 3.17. The highest BCUT2D eigenvalue weighted by molar-refractivity contribution is 6.00. The van der Waals surface area contributed by atoms with Crippen molar-refractivity contribution in [1.82, 2.24) is 0 Å². The summed E-state index contributed by atoms with van der Waals surface area (Å²) in [5.41, 5.74) is 2.59. The number of amides is 1. The third-order valence-electron chi connectivity index (χ3n) is 4.58. The number of nitrogens with zero attached hydrogens (tertiary/aromatic N) is 1. The molecule has 166 valence electrons. The van der Waals surface area contributed by atoms with E-state index >= 15 is 0 Å². The quantitative estimate of drug-likeness (QED) is 0.380. The predicted molar refractivity (Wildman–Crippen MR) is 115 cm³/mol. The first-order valence-corrected chi connectivity index (χ1v) is 9.67. The van der Waals surface area contributed by atoms with Crippen LogP contribution >= 0.6 is 0 Å². The van der Waals surface area contributed by atoms with E-state index in [2.05, 4.69) is 5.32 Å². The molecular formula is C22H26N2O7. The van der Waals surface area contributed by atoms with Crippen molar-refractivity contribution in [1.29, 1.82) is 0 Å². The van der Waals surface area contributed by atoms with Gasteiger partial charge in [-0.05, 0) is 45.7 Å². The second-order valence-electron chi connectivity index (χ2n) is 7.02. The van der Waals surface area contributed by atoms with E-state index in [9.17, 15) is 19.7 Å². The second kappa shape index (κ2) is 9.92. The van der Waals surface area contributed by atoms with Crippen molar-refractivity contribution in [3.05, 3.63) is 56.6 Å². The summed E-state index contributed by atoms with van der Waals surface area (Å²) < 4.78 is 15.7. The van der Waals surface area contributed by atoms with Gasteiger partial charge in [0.05, 0.1) is 24.7 Å². The number of nitro benzene ring substituents is 1. The van der Waals surface area contributed by atoms with E-state index in [0.29, 0.717) is 5.69 Å². The highest BCUT2D eigenvalue weighted by atomic mass is 16.6. The number of hydrogen-bond donors (Lipinski definition) is 1. The van der Waals surface area contributed by atoms with E-state index in [4.69, 9.17) is 14.2 Å². The molecule has 9 heteroatoms. The van der Waals surface area contributed by atoms with Crippen molar-refractivity contribution < 1.29 is 28.7 Å². The highest BCUT2D eigenvalue weighted by Crippen LogP contribution is 2.35. The Morgan fingerprint density at radius 2 is 1.71 bits per heavy atom. The molecule has 2 rings (SSSR count). The molecule has 0 fully saturated rings. The molecule has 0 aromatic heterocycles. The summed E-state index contributed by atoms with van der Waals surface area (Å²) >= 11 is 0. The van der Waals surface area contributed by atoms with Gasteiger partial charge in [-0.2, -0.15) is 0 Å². The molecule has 1 unspecified atom stereocenters. The number of carbonyl (C=O) groups excluding carboxylic acids is 2. The predicted octanol–water partition coefficient (Wildman–Crippen LogP) is 4.11. The van der Waals surface area contributed by atoms with Gasteiger partial charge >= 0.3 is 5.97 Å². The lowest BCUT2D eigenvalue weighted by Gasteiger charge is -2.17. The lowest BCUT2D eigenvalue weighted by atomic mass is 10.0. The van der Waals surface area contributed by atoms with Gasteiger partial charge in [-0.1, -0.05) is 17.7 Å². The van der Waals surface area contributed by atoms with Crippen LogP contribution in [0.15, 0.2) is 24.3 Å². The van der Waals surface area contributed by atoms with Crippen LogP contribution in [0, 0.1) is 30.9 Å². The lowest BCUT2D eigenvalue weighted by molar-refractivity contribution is -0.385. The summed E-state index contributed by atoms with van der Waals surface area (Å²) in [5.74, 6) is -1.30. The Morgan fingerprint density at radius 1 is 1.10 bits per heavy atom. The number of esters is 1. The third-order valence-corrected chi connectivity index (χ3v) is 4.58. The molecule has 2 aromatic carbocycles. The SMILES string of the molecule is CCOc1cc(C(=O)OC(C)C(=O)Nc2c(C)cc(C)cc2C)c([N+](=O)[O-])cc1OC. The molecule has 0 saturated carbocycles. The fourth-order valence-electron chi connectivity index (χ4n) is 3.17. The topological polar surface area (TPSA) is 117 Å². The molecule has 1 amide bonds. The number of anilines is 1. The van der Waals surface area contributed by atoms with Crippen molar-refractivity contribution in [3.8, 4) is 11.5 Å². The maximum absolute atomic E-state index is 12.7. The Balaban J connectivity index is 2.26. The summed E-state index contributed by atoms with van der Waals surface area (Å²) in [5, 5.41) is 14.2. The van der Waals surface area contributed by atoms with Gasteiger partial charge in [0.25, 0.3) is 11.6 Å². The Hall–Kier alpha value is -3.62. The van der Waals surface area contributed by atoms with Gasteiger partial charge in [-0.25, -0.2) is 4.79 Å². The number of rotatable bonds is 8. The van der Waals surface area contributed by atoms with Crippen LogP contribution in [0.4, 0.5) is 11.4 Å². The van der Waals surface area contributed by atoms with E-state index in [0.717, 1.165) is 22.8 Å². The van der Waals surface area contributed by atoms with E-state index in [1.165, 1.54) is 20.1 Å². The molecule has 0 spiro atoms. The molecule has 1 N–H and O–H groups in total. The van der Waals surface area contributed by atoms with Crippen LogP contribution in [0.1, 0.15) is 40.9 Å². The molecule has 0 aliphatic heterocycles. The van der Waals surface area contributed by atoms with E-state index in [-0.39, 0.29) is 23.7 Å². The van der Waals surface area contributed by atoms with Gasteiger partial charge in [0, 0.05) is 11.8 Å². The summed E-state index contributed by atoms with van der Waals surface area (Å²) in [6, 6.07) is 6.12. The minimum absolute atomic E-state index is 0.112. The van der Waals surface area contributed by atoms with Crippen molar-refractivity contribution >= 4 is 23.3 Å². The zero-order valence-electron chi connectivity index (χ0n) is 18.4. The maximum atomic E-state index is 12.7. The van der Waals surface area contributed by atoms with Crippen LogP contribution in [0.5, 0.6) is 11.5 Å². The normalized spacial score (nSPS) is 11.4. The third kappa shape index (κ3) is 5.50. The van der Waals surface area contributed by atoms with Gasteiger partial charge in [0.1, 0.15) is 5.56 Å². The van der Waals surface area contributed by atoms with Crippen LogP contribution in [0.3, 0.4) is 0 Å². The zero-order chi connectivity index (χ0) is 23.3. The first kappa shape index (κ1) is 23.7. The Kier molecular flexibility index (Phi) is 7.57. The minimum atomic E-state index is -1.19. The fraction of sp³-hybridized carbons (Fsp3) is 0.364. The van der Waals surface area contributed by atoms with Crippen molar-refractivity contribution in [2.24, 2.45) is 0 Å². The standard InChI is InChI=1S/C22H26N2O7/c1-7-30-19-10-16(17(24(27)28)11-18(19)29-6)22(26)31-15(5)21(25)23-20-13(3)8-12(2)9-14(20)4/h8-11,15H,7H2,1-6H3,(H,23,25). The Labute approximate surface area is 180 Å². The van der Waals surface area contributed by atoms with E-state index < -0.39 is 28.6 Å². The number of benzene rings is 2. The molecule has 0 aliphatic rings. The van der Waals surface area contributed by atoms with Crippen molar-refractivity contribution in [2.75, 3.05) is 19.0 Å². The number of aryl methyl sites for hydroxylation is 3. The molecule has 0 saturated heterocycles. The first-order chi connectivity index (χ1) is 14.6. The summed E-state index contributed by atoms with van der Waals surface area (Å²) in [7, 11) is 1.33. The zero-order valence-corrected chi connectivity index (χ0v) is 18.4. The molecule has 0 heterocycles. The van der Waals surface area contributed by atoms with Crippen LogP contribution < -0.4 is 14.8 Å². The molecule has 9 nitrogen and oxygen atoms in total. The molecule has 31 heavy (non-hydrogen) atoms. The summed E-state index contributed by atoms with van der Waals surface area (Å²) in [6.07, 6.45) is -1.19. The Morgan fingerprint density at radius 3 is 2.23 bits per heavy atom. The van der Waals surface area contributed by atoms with E-state index in [1.807, 2.05) is 32.9 Å². The highest BCUT2D eigenvalue weighted by Gasteiger charge is 2.28. The van der Waals surface area contributed by atoms with Gasteiger partial charge in [0.2, 0.25) is 0 Å². The van der Waals surface area contributed by atoms with E-state index in [1.54, 1.807) is 6.92 Å². The van der Waals surface area contributed by atoms with Crippen LogP contribution in [0.25, 0.3) is 0 Å². The number of carbonyl (C=O) groups is 2. The molecule has 1 atom stereocenters. The van der Waals surface area contributed by atoms with Crippen LogP contribution in [-0.2, 0) is 9.53 Å². The number of methoxy groups -OCH3 is 1. The van der Waals surface area contributed by atoms with Gasteiger partial charge in [-0.3, -0.25) is 14.9 Å². The summed E-state index contributed by atoms with van der Waals surface area (Å²) in [4.78, 5) is 36.0. The maximum Gasteiger partial charge on any atom is 0.346 e. The van der Waals surface area contributed by atoms with Crippen LogP contribution in [-0.4, -0.2) is 36.6 Å². The van der Waals surface area contributed by atoms with Gasteiger partial charge in [-0.15, -0.1) is 0 Å². The second-order valence-corrected chi connectivity index (χ2v) is 7.02. The molecule has 0 bridgehead atoms. The number of nitro groups is 1. The van der Waals surface area contributed by atoms with Crippen molar-refractivity contribution in [2.45, 2.75) is 40.7 Å². The monoisotopic (exact) mass is 430 g/mol. The molecule has 0 radical (unpaired) electrons. The average molecular weight is 430 g/mol. The number of nitrogens with one attached hydrogen (secondary N) is 1. The lowest BCUT2D eigenvalue weighted by Crippen LogP contribution is -2.30. The smallest absolute Gasteiger partial charge is 0.346 e. The minimum Gasteiger partial charge on any atom is -0.493 e. The largest absolute Gasteiger partial charge is 0.493 e. The number of ether oxygens (including phenoxy) is 3. The molecule has 2 aromatic rings. The molecular weight excluding hydrogens is 404 g/mol. The van der Waals surface area contributed by atoms with Gasteiger partial charge in [0.15, 0.2) is 17.6 Å². The van der Waals surface area contributed by atoms with Crippen LogP contribution in [0.2, 0.25) is 0 Å². The summed E-state index contributed by atoms with van der Waals surface area (Å²) in [6.45, 7) is 9.06. The van der Waals surface area contributed by atoms with Crippen molar-refractivity contribution in [3.63, 3.8) is 0 Å². The molecule has 0 aliphatic carbocycles. The van der Waals surface area contributed by atoms with Gasteiger partial charge < -0.3 is 19.5 Å². The average Bonchev–Trinajstić information content (AvgIpc) is 2.70. The Bertz CT molecular complexity index is 994.